The Morgan fingerprint density at radius 2 is 1.57 bits per heavy atom. The van der Waals surface area contributed by atoms with E-state index < -0.39 is 16.4 Å². The molecule has 5 heteroatoms. The van der Waals surface area contributed by atoms with Crippen LogP contribution in [0.15, 0.2) is 66.9 Å². The van der Waals surface area contributed by atoms with Crippen LogP contribution < -0.4 is 0 Å². The molecule has 4 rings (SSSR count). The topological polar surface area (TPSA) is 44.1 Å². The highest BCUT2D eigenvalue weighted by atomic mass is 35.5. The maximum atomic E-state index is 13.4. The average Bonchev–Trinajstić information content (AvgIpc) is 3.10. The van der Waals surface area contributed by atoms with Crippen LogP contribution in [-0.4, -0.2) is 26.7 Å². The second kappa shape index (κ2) is 6.78. The van der Waals surface area contributed by atoms with E-state index in [0.717, 1.165) is 22.4 Å². The van der Waals surface area contributed by atoms with Gasteiger partial charge in [0.2, 0.25) is 0 Å². The number of nitrogens with zero attached hydrogens (tertiary/aromatic N) is 2. The number of hydrogen-bond donors (Lipinski definition) is 0. The van der Waals surface area contributed by atoms with Gasteiger partial charge in [-0.2, -0.15) is 5.10 Å². The normalized spacial score (nSPS) is 23.6. The van der Waals surface area contributed by atoms with Crippen molar-refractivity contribution in [3.05, 3.63) is 89.2 Å². The lowest BCUT2D eigenvalue weighted by Gasteiger charge is -2.38. The molecule has 0 aliphatic carbocycles. The van der Waals surface area contributed by atoms with Gasteiger partial charge >= 0.3 is 5.97 Å². The molecule has 1 saturated heterocycles. The molecule has 2 aromatic carbocycles. The molecule has 4 nitrogen and oxygen atoms in total. The summed E-state index contributed by atoms with van der Waals surface area (Å²) in [4.78, 5) is 12.4. The molecule has 0 amide bonds. The monoisotopic (exact) mass is 394 g/mol. The molecular weight excluding hydrogens is 372 g/mol. The average molecular weight is 395 g/mol. The first-order valence-corrected chi connectivity index (χ1v) is 9.77. The van der Waals surface area contributed by atoms with Gasteiger partial charge in [-0.25, -0.2) is 0 Å². The minimum atomic E-state index is -1.10. The number of esters is 1. The van der Waals surface area contributed by atoms with Crippen LogP contribution in [0.1, 0.15) is 29.3 Å². The lowest BCUT2D eigenvalue weighted by atomic mass is 9.65. The molecule has 28 heavy (non-hydrogen) atoms. The SMILES string of the molecule is Cc1cn(CC2OC(=O)C(c3ccccc3)(c3ccccc3)C2(C)Cl)nc1C. The third kappa shape index (κ3) is 2.67. The number of aryl methyl sites for hydroxylation is 2. The third-order valence-corrected chi connectivity index (χ3v) is 6.38. The van der Waals surface area contributed by atoms with E-state index in [1.807, 2.05) is 92.3 Å². The second-order valence-electron chi connectivity index (χ2n) is 7.57. The summed E-state index contributed by atoms with van der Waals surface area (Å²) in [5.41, 5.74) is 2.62. The summed E-state index contributed by atoms with van der Waals surface area (Å²) in [6, 6.07) is 19.3. The van der Waals surface area contributed by atoms with Crippen LogP contribution in [0.4, 0.5) is 0 Å². The van der Waals surface area contributed by atoms with Crippen LogP contribution in [0.25, 0.3) is 0 Å². The molecule has 2 unspecified atom stereocenters. The number of aromatic nitrogens is 2. The molecule has 1 aromatic heterocycles. The van der Waals surface area contributed by atoms with Gasteiger partial charge in [0.25, 0.3) is 0 Å². The van der Waals surface area contributed by atoms with Crippen molar-refractivity contribution in [1.82, 2.24) is 9.78 Å². The van der Waals surface area contributed by atoms with E-state index in [4.69, 9.17) is 16.3 Å². The van der Waals surface area contributed by atoms with Crippen LogP contribution in [-0.2, 0) is 21.5 Å². The number of ether oxygens (including phenoxy) is 1. The quantitative estimate of drug-likeness (QED) is 0.486. The van der Waals surface area contributed by atoms with Crippen molar-refractivity contribution in [2.24, 2.45) is 0 Å². The van der Waals surface area contributed by atoms with Crippen molar-refractivity contribution >= 4 is 17.6 Å². The number of rotatable bonds is 4. The summed E-state index contributed by atoms with van der Waals surface area (Å²) >= 11 is 7.23. The van der Waals surface area contributed by atoms with Gasteiger partial charge in [0.1, 0.15) is 16.4 Å². The Bertz CT molecular complexity index is 937. The first-order valence-electron chi connectivity index (χ1n) is 9.39. The number of benzene rings is 2. The lowest BCUT2D eigenvalue weighted by molar-refractivity contribution is -0.145. The maximum Gasteiger partial charge on any atom is 0.323 e. The number of carbonyl (C=O) groups is 1. The Morgan fingerprint density at radius 1 is 1.04 bits per heavy atom. The largest absolute Gasteiger partial charge is 0.457 e. The molecule has 2 heterocycles. The first-order chi connectivity index (χ1) is 13.4. The molecule has 1 aliphatic heterocycles. The van der Waals surface area contributed by atoms with Crippen LogP contribution in [0.3, 0.4) is 0 Å². The van der Waals surface area contributed by atoms with E-state index in [-0.39, 0.29) is 5.97 Å². The van der Waals surface area contributed by atoms with Crippen molar-refractivity contribution in [3.63, 3.8) is 0 Å². The van der Waals surface area contributed by atoms with Crippen molar-refractivity contribution in [3.8, 4) is 0 Å². The Hall–Kier alpha value is -2.59. The fraction of sp³-hybridized carbons (Fsp3) is 0.304. The number of cyclic esters (lactones) is 1. The molecule has 0 spiro atoms. The summed E-state index contributed by atoms with van der Waals surface area (Å²) in [7, 11) is 0. The summed E-state index contributed by atoms with van der Waals surface area (Å²) in [5.74, 6) is -0.326. The van der Waals surface area contributed by atoms with E-state index >= 15 is 0 Å². The number of carbonyl (C=O) groups excluding carboxylic acids is 1. The van der Waals surface area contributed by atoms with Gasteiger partial charge in [-0.05, 0) is 37.5 Å². The Morgan fingerprint density at radius 3 is 2.04 bits per heavy atom. The predicted molar refractivity (Wildman–Crippen MR) is 110 cm³/mol. The summed E-state index contributed by atoms with van der Waals surface area (Å²) in [6.45, 7) is 6.28. The van der Waals surface area contributed by atoms with Crippen molar-refractivity contribution in [1.29, 1.82) is 0 Å². The number of halogens is 1. The summed E-state index contributed by atoms with van der Waals surface area (Å²) in [5, 5.41) is 4.52. The van der Waals surface area contributed by atoms with Crippen LogP contribution in [0, 0.1) is 13.8 Å². The zero-order valence-electron chi connectivity index (χ0n) is 16.2. The van der Waals surface area contributed by atoms with Gasteiger partial charge in [-0.1, -0.05) is 60.7 Å². The zero-order chi connectivity index (χ0) is 19.9. The van der Waals surface area contributed by atoms with Gasteiger partial charge < -0.3 is 4.74 Å². The molecule has 0 bridgehead atoms. The van der Waals surface area contributed by atoms with Crippen LogP contribution in [0.5, 0.6) is 0 Å². The highest BCUT2D eigenvalue weighted by molar-refractivity contribution is 6.29. The van der Waals surface area contributed by atoms with E-state index in [0.29, 0.717) is 6.54 Å². The third-order valence-electron chi connectivity index (χ3n) is 5.85. The Labute approximate surface area is 170 Å². The summed E-state index contributed by atoms with van der Waals surface area (Å²) in [6.07, 6.45) is 1.43. The smallest absolute Gasteiger partial charge is 0.323 e. The van der Waals surface area contributed by atoms with Crippen LogP contribution in [0.2, 0.25) is 0 Å². The van der Waals surface area contributed by atoms with E-state index in [2.05, 4.69) is 5.10 Å². The molecule has 1 fully saturated rings. The molecule has 0 saturated carbocycles. The van der Waals surface area contributed by atoms with Crippen LogP contribution >= 0.6 is 11.6 Å². The standard InChI is InChI=1S/C23H23ClN2O2/c1-16-14-26(25-17(16)2)15-20-22(3,24)23(21(27)28-20,18-10-6-4-7-11-18)19-12-8-5-9-13-19/h4-14,20H,15H2,1-3H3. The van der Waals surface area contributed by atoms with Gasteiger partial charge in [0, 0.05) is 6.20 Å². The van der Waals surface area contributed by atoms with Gasteiger partial charge in [-0.3, -0.25) is 9.48 Å². The van der Waals surface area contributed by atoms with E-state index in [1.165, 1.54) is 0 Å². The zero-order valence-corrected chi connectivity index (χ0v) is 17.0. The Kier molecular flexibility index (Phi) is 4.54. The van der Waals surface area contributed by atoms with Gasteiger partial charge in [0.15, 0.2) is 0 Å². The minimum absolute atomic E-state index is 0.326. The Balaban J connectivity index is 1.85. The predicted octanol–water partition coefficient (Wildman–Crippen LogP) is 4.41. The fourth-order valence-electron chi connectivity index (χ4n) is 4.20. The van der Waals surface area contributed by atoms with E-state index in [9.17, 15) is 4.79 Å². The molecular formula is C23H23ClN2O2. The molecule has 0 N–H and O–H groups in total. The van der Waals surface area contributed by atoms with Gasteiger partial charge in [-0.15, -0.1) is 11.6 Å². The number of alkyl halides is 1. The van der Waals surface area contributed by atoms with Crippen molar-refractivity contribution in [2.45, 2.75) is 43.7 Å². The van der Waals surface area contributed by atoms with Gasteiger partial charge in [0.05, 0.1) is 12.2 Å². The minimum Gasteiger partial charge on any atom is -0.457 e. The molecule has 0 radical (unpaired) electrons. The first kappa shape index (κ1) is 18.8. The summed E-state index contributed by atoms with van der Waals surface area (Å²) < 4.78 is 7.74. The highest BCUT2D eigenvalue weighted by Crippen LogP contribution is 2.54. The van der Waals surface area contributed by atoms with Crippen molar-refractivity contribution < 1.29 is 9.53 Å². The lowest BCUT2D eigenvalue weighted by Crippen LogP contribution is -2.51. The molecule has 144 valence electrons. The highest BCUT2D eigenvalue weighted by Gasteiger charge is 2.66. The van der Waals surface area contributed by atoms with E-state index in [1.54, 1.807) is 0 Å². The van der Waals surface area contributed by atoms with Crippen molar-refractivity contribution in [2.75, 3.05) is 0 Å². The molecule has 3 aromatic rings. The second-order valence-corrected chi connectivity index (χ2v) is 8.36. The fourth-order valence-corrected chi connectivity index (χ4v) is 4.61. The maximum absolute atomic E-state index is 13.4. The molecule has 2 atom stereocenters. The number of hydrogen-bond acceptors (Lipinski definition) is 3. The molecule has 1 aliphatic rings.